The zero-order chi connectivity index (χ0) is 21.8. The smallest absolute Gasteiger partial charge is 0.317 e. The van der Waals surface area contributed by atoms with E-state index in [-0.39, 0.29) is 11.6 Å². The van der Waals surface area contributed by atoms with Crippen LogP contribution in [0.3, 0.4) is 0 Å². The Balaban J connectivity index is 1.10. The number of benzene rings is 1. The third-order valence-electron chi connectivity index (χ3n) is 8.31. The standard InChI is InChI=1S/C26H40N4O2/c31-25(27-22-7-3-1-4-8-22)30-14-12-26(13-15-30)21-24(11-20-32-26)29-18-16-28(17-19-29)23-9-5-2-6-10-23/h2,5-6,9-10,22,24H,1,3-4,7-8,11-21H2,(H,27,31)/t24-/m0/s1. The molecule has 1 N–H and O–H groups in total. The Morgan fingerprint density at radius 2 is 1.62 bits per heavy atom. The first-order valence-electron chi connectivity index (χ1n) is 12.9. The van der Waals surface area contributed by atoms with Gasteiger partial charge in [0.25, 0.3) is 0 Å². The third-order valence-corrected chi connectivity index (χ3v) is 8.31. The quantitative estimate of drug-likeness (QED) is 0.775. The highest BCUT2D eigenvalue weighted by Gasteiger charge is 2.43. The number of likely N-dealkylation sites (tertiary alicyclic amines) is 1. The summed E-state index contributed by atoms with van der Waals surface area (Å²) in [5.41, 5.74) is 1.32. The molecule has 2 amide bonds. The van der Waals surface area contributed by atoms with Crippen molar-refractivity contribution in [1.82, 2.24) is 15.1 Å². The molecule has 1 aromatic rings. The van der Waals surface area contributed by atoms with Crippen molar-refractivity contribution in [3.05, 3.63) is 30.3 Å². The van der Waals surface area contributed by atoms with Crippen LogP contribution in [0.5, 0.6) is 0 Å². The second-order valence-corrected chi connectivity index (χ2v) is 10.3. The number of piperazine rings is 1. The lowest BCUT2D eigenvalue weighted by Crippen LogP contribution is -2.58. The van der Waals surface area contributed by atoms with Gasteiger partial charge < -0.3 is 19.9 Å². The molecule has 176 valence electrons. The van der Waals surface area contributed by atoms with Gasteiger partial charge in [-0.05, 0) is 50.7 Å². The van der Waals surface area contributed by atoms with E-state index in [0.29, 0.717) is 12.1 Å². The number of piperidine rings is 1. The molecule has 3 aliphatic heterocycles. The van der Waals surface area contributed by atoms with Gasteiger partial charge in [-0.25, -0.2) is 4.79 Å². The number of nitrogens with zero attached hydrogens (tertiary/aromatic N) is 3. The first kappa shape index (κ1) is 22.0. The van der Waals surface area contributed by atoms with Crippen molar-refractivity contribution in [2.24, 2.45) is 0 Å². The number of carbonyl (C=O) groups excluding carboxylic acids is 1. The highest BCUT2D eigenvalue weighted by molar-refractivity contribution is 5.74. The summed E-state index contributed by atoms with van der Waals surface area (Å²) in [7, 11) is 0. The van der Waals surface area contributed by atoms with Crippen molar-refractivity contribution >= 4 is 11.7 Å². The van der Waals surface area contributed by atoms with Crippen LogP contribution in [0.1, 0.15) is 57.8 Å². The lowest BCUT2D eigenvalue weighted by Gasteiger charge is -2.50. The molecule has 1 aliphatic carbocycles. The van der Waals surface area contributed by atoms with E-state index in [1.54, 1.807) is 0 Å². The highest BCUT2D eigenvalue weighted by atomic mass is 16.5. The molecule has 1 saturated carbocycles. The number of carbonyl (C=O) groups is 1. The van der Waals surface area contributed by atoms with Gasteiger partial charge in [0.15, 0.2) is 0 Å². The van der Waals surface area contributed by atoms with Crippen LogP contribution in [-0.4, -0.2) is 79.4 Å². The van der Waals surface area contributed by atoms with Crippen LogP contribution in [0, 0.1) is 0 Å². The van der Waals surface area contributed by atoms with Crippen molar-refractivity contribution in [3.63, 3.8) is 0 Å². The molecule has 1 spiro atoms. The van der Waals surface area contributed by atoms with Crippen molar-refractivity contribution in [2.75, 3.05) is 50.8 Å². The summed E-state index contributed by atoms with van der Waals surface area (Å²) < 4.78 is 6.40. The van der Waals surface area contributed by atoms with Crippen LogP contribution in [0.15, 0.2) is 30.3 Å². The number of hydrogen-bond acceptors (Lipinski definition) is 4. The lowest BCUT2D eigenvalue weighted by atomic mass is 9.81. The van der Waals surface area contributed by atoms with Gasteiger partial charge in [-0.3, -0.25) is 4.90 Å². The summed E-state index contributed by atoms with van der Waals surface area (Å²) >= 11 is 0. The van der Waals surface area contributed by atoms with Crippen LogP contribution in [0.25, 0.3) is 0 Å². The van der Waals surface area contributed by atoms with Gasteiger partial charge in [0.1, 0.15) is 0 Å². The van der Waals surface area contributed by atoms with Crippen molar-refractivity contribution < 1.29 is 9.53 Å². The van der Waals surface area contributed by atoms with Crippen LogP contribution in [0.2, 0.25) is 0 Å². The van der Waals surface area contributed by atoms with Gasteiger partial charge in [0.05, 0.1) is 5.60 Å². The molecule has 4 aliphatic rings. The number of nitrogens with one attached hydrogen (secondary N) is 1. The molecule has 0 aromatic heterocycles. The molecule has 3 heterocycles. The molecule has 1 aromatic carbocycles. The van der Waals surface area contributed by atoms with E-state index in [0.717, 1.165) is 84.4 Å². The number of para-hydroxylation sites is 1. The van der Waals surface area contributed by atoms with E-state index >= 15 is 0 Å². The fraction of sp³-hybridized carbons (Fsp3) is 0.731. The number of amides is 2. The molecular weight excluding hydrogens is 400 g/mol. The Kier molecular flexibility index (Phi) is 6.88. The van der Waals surface area contributed by atoms with E-state index in [1.165, 1.54) is 24.9 Å². The first-order chi connectivity index (χ1) is 15.7. The Bertz CT molecular complexity index is 735. The third kappa shape index (κ3) is 5.07. The molecule has 6 heteroatoms. The summed E-state index contributed by atoms with van der Waals surface area (Å²) in [5, 5.41) is 3.29. The zero-order valence-electron chi connectivity index (χ0n) is 19.5. The highest BCUT2D eigenvalue weighted by Crippen LogP contribution is 2.37. The van der Waals surface area contributed by atoms with E-state index in [9.17, 15) is 4.79 Å². The van der Waals surface area contributed by atoms with Gasteiger partial charge >= 0.3 is 6.03 Å². The minimum atomic E-state index is -0.0267. The molecule has 3 saturated heterocycles. The SMILES string of the molecule is O=C(NC1CCCCC1)N1CCC2(CC1)C[C@@H](N1CCN(c3ccccc3)CC1)CCO2. The minimum absolute atomic E-state index is 0.0267. The Labute approximate surface area is 193 Å². The zero-order valence-corrected chi connectivity index (χ0v) is 19.5. The van der Waals surface area contributed by atoms with Crippen LogP contribution >= 0.6 is 0 Å². The summed E-state index contributed by atoms with van der Waals surface area (Å²) in [6, 6.07) is 11.9. The molecule has 0 radical (unpaired) electrons. The first-order valence-corrected chi connectivity index (χ1v) is 12.9. The van der Waals surface area contributed by atoms with E-state index in [1.807, 2.05) is 4.90 Å². The average Bonchev–Trinajstić information content (AvgIpc) is 2.86. The molecule has 6 nitrogen and oxygen atoms in total. The Hall–Kier alpha value is -1.79. The summed E-state index contributed by atoms with van der Waals surface area (Å²) in [4.78, 5) is 20.0. The maximum atomic E-state index is 12.8. The fourth-order valence-electron chi connectivity index (χ4n) is 6.28. The fourth-order valence-corrected chi connectivity index (χ4v) is 6.28. The van der Waals surface area contributed by atoms with Gasteiger partial charge in [-0.1, -0.05) is 37.5 Å². The second-order valence-electron chi connectivity index (χ2n) is 10.3. The predicted octanol–water partition coefficient (Wildman–Crippen LogP) is 3.86. The summed E-state index contributed by atoms with van der Waals surface area (Å²) in [6.07, 6.45) is 10.3. The lowest BCUT2D eigenvalue weighted by molar-refractivity contribution is -0.129. The molecular formula is C26H40N4O2. The second kappa shape index (κ2) is 10.0. The normalized spacial score (nSPS) is 27.4. The van der Waals surface area contributed by atoms with Crippen molar-refractivity contribution in [1.29, 1.82) is 0 Å². The van der Waals surface area contributed by atoms with Crippen LogP contribution < -0.4 is 10.2 Å². The summed E-state index contributed by atoms with van der Waals surface area (Å²) in [5.74, 6) is 0. The number of urea groups is 1. The minimum Gasteiger partial charge on any atom is -0.375 e. The Morgan fingerprint density at radius 3 is 2.34 bits per heavy atom. The van der Waals surface area contributed by atoms with E-state index in [4.69, 9.17) is 4.74 Å². The van der Waals surface area contributed by atoms with Gasteiger partial charge in [-0.15, -0.1) is 0 Å². The molecule has 4 fully saturated rings. The maximum Gasteiger partial charge on any atom is 0.317 e. The molecule has 0 bridgehead atoms. The van der Waals surface area contributed by atoms with Crippen LogP contribution in [0.4, 0.5) is 10.5 Å². The molecule has 5 rings (SSSR count). The predicted molar refractivity (Wildman–Crippen MR) is 128 cm³/mol. The number of hydrogen-bond donors (Lipinski definition) is 1. The van der Waals surface area contributed by atoms with Gasteiger partial charge in [0.2, 0.25) is 0 Å². The maximum absolute atomic E-state index is 12.8. The topological polar surface area (TPSA) is 48.1 Å². The summed E-state index contributed by atoms with van der Waals surface area (Å²) in [6.45, 7) is 6.97. The molecule has 0 unspecified atom stereocenters. The van der Waals surface area contributed by atoms with E-state index < -0.39 is 0 Å². The average molecular weight is 441 g/mol. The van der Waals surface area contributed by atoms with Gasteiger partial charge in [0, 0.05) is 63.6 Å². The van der Waals surface area contributed by atoms with E-state index in [2.05, 4.69) is 45.4 Å². The van der Waals surface area contributed by atoms with Crippen LogP contribution in [-0.2, 0) is 4.74 Å². The molecule has 1 atom stereocenters. The number of anilines is 1. The van der Waals surface area contributed by atoms with Gasteiger partial charge in [-0.2, -0.15) is 0 Å². The Morgan fingerprint density at radius 1 is 0.906 bits per heavy atom. The number of ether oxygens (including phenoxy) is 1. The molecule has 32 heavy (non-hydrogen) atoms. The largest absolute Gasteiger partial charge is 0.375 e. The number of rotatable bonds is 3. The van der Waals surface area contributed by atoms with Crippen molar-refractivity contribution in [3.8, 4) is 0 Å². The van der Waals surface area contributed by atoms with Crippen molar-refractivity contribution in [2.45, 2.75) is 75.5 Å². The monoisotopic (exact) mass is 440 g/mol.